The van der Waals surface area contributed by atoms with Gasteiger partial charge < -0.3 is 15.9 Å². The number of benzene rings is 1. The Hall–Kier alpha value is -0.490. The lowest BCUT2D eigenvalue weighted by Crippen LogP contribution is -2.03. The van der Waals surface area contributed by atoms with E-state index >= 15 is 0 Å². The molecule has 66 valence electrons. The minimum absolute atomic E-state index is 0.0832. The van der Waals surface area contributed by atoms with Crippen molar-refractivity contribution in [2.45, 2.75) is 6.42 Å². The highest BCUT2D eigenvalue weighted by atomic mass is 131. The van der Waals surface area contributed by atoms with Gasteiger partial charge in [-0.1, -0.05) is 0 Å². The van der Waals surface area contributed by atoms with Gasteiger partial charge in [0.25, 0.3) is 0 Å². The normalized spacial score (nSPS) is 10.2. The van der Waals surface area contributed by atoms with Crippen LogP contribution >= 0.6 is 22.6 Å². The van der Waals surface area contributed by atoms with Crippen molar-refractivity contribution in [2.75, 3.05) is 6.54 Å². The summed E-state index contributed by atoms with van der Waals surface area (Å²) in [6.45, 7) is 0.542. The molecule has 0 unspecified atom stereocenters. The molecule has 0 atom stereocenters. The predicted molar refractivity (Wildman–Crippen MR) is 55.2 cm³/mol. The SMILES string of the molecule is NCCc1cc(O)c(O)cc1[131I]. The maximum atomic E-state index is 9.16. The predicted octanol–water partition coefficient (Wildman–Crippen LogP) is 1.20. The van der Waals surface area contributed by atoms with Crippen LogP contribution in [0.1, 0.15) is 5.56 Å². The van der Waals surface area contributed by atoms with Crippen molar-refractivity contribution in [3.63, 3.8) is 0 Å². The molecule has 4 N–H and O–H groups in total. The molecule has 0 aliphatic rings. The second-order valence-electron chi connectivity index (χ2n) is 2.47. The first-order chi connectivity index (χ1) is 5.65. The van der Waals surface area contributed by atoms with Gasteiger partial charge in [0.15, 0.2) is 11.5 Å². The van der Waals surface area contributed by atoms with Crippen molar-refractivity contribution in [3.05, 3.63) is 21.3 Å². The Morgan fingerprint density at radius 3 is 2.42 bits per heavy atom. The first-order valence-corrected chi connectivity index (χ1v) is 4.63. The standard InChI is InChI=1S/C8H10INO2/c9-6-4-8(12)7(11)3-5(6)1-2-10/h3-4,11-12H,1-2,10H2/i9+4. The van der Waals surface area contributed by atoms with Crippen LogP contribution in [-0.4, -0.2) is 16.8 Å². The van der Waals surface area contributed by atoms with E-state index < -0.39 is 0 Å². The summed E-state index contributed by atoms with van der Waals surface area (Å²) in [7, 11) is 0. The molecule has 0 saturated heterocycles. The highest BCUT2D eigenvalue weighted by molar-refractivity contribution is 14.1. The van der Waals surface area contributed by atoms with E-state index in [4.69, 9.17) is 15.9 Å². The summed E-state index contributed by atoms with van der Waals surface area (Å²) in [6.07, 6.45) is 0.714. The Morgan fingerprint density at radius 2 is 1.83 bits per heavy atom. The highest BCUT2D eigenvalue weighted by Gasteiger charge is 2.05. The van der Waals surface area contributed by atoms with E-state index in [0.717, 1.165) is 9.13 Å². The molecule has 1 aromatic carbocycles. The monoisotopic (exact) mass is 283 g/mol. The fourth-order valence-corrected chi connectivity index (χ4v) is 1.66. The zero-order valence-electron chi connectivity index (χ0n) is 6.42. The average Bonchev–Trinajstić information content (AvgIpc) is 2.01. The summed E-state index contributed by atoms with van der Waals surface area (Å²) in [5.41, 5.74) is 6.34. The molecule has 0 radical (unpaired) electrons. The summed E-state index contributed by atoms with van der Waals surface area (Å²) >= 11 is 2.10. The van der Waals surface area contributed by atoms with Crippen LogP contribution in [-0.2, 0) is 6.42 Å². The van der Waals surface area contributed by atoms with Crippen LogP contribution in [0.25, 0.3) is 0 Å². The molecule has 0 spiro atoms. The van der Waals surface area contributed by atoms with E-state index in [1.165, 1.54) is 6.07 Å². The van der Waals surface area contributed by atoms with E-state index in [0.29, 0.717) is 13.0 Å². The Bertz CT molecular complexity index is 289. The van der Waals surface area contributed by atoms with Gasteiger partial charge in [0.2, 0.25) is 0 Å². The molecule has 12 heavy (non-hydrogen) atoms. The molecule has 0 aliphatic heterocycles. The number of hydrogen-bond donors (Lipinski definition) is 3. The summed E-state index contributed by atoms with van der Waals surface area (Å²) in [5.74, 6) is -0.168. The van der Waals surface area contributed by atoms with Crippen LogP contribution in [0.2, 0.25) is 0 Å². The summed E-state index contributed by atoms with van der Waals surface area (Å²) < 4.78 is 0.924. The number of rotatable bonds is 2. The quantitative estimate of drug-likeness (QED) is 0.564. The molecular weight excluding hydrogens is 273 g/mol. The molecule has 0 saturated carbocycles. The molecule has 0 fully saturated rings. The largest absolute Gasteiger partial charge is 0.504 e. The topological polar surface area (TPSA) is 66.5 Å². The molecule has 0 aliphatic carbocycles. The third-order valence-electron chi connectivity index (χ3n) is 1.56. The van der Waals surface area contributed by atoms with E-state index in [1.54, 1.807) is 6.07 Å². The van der Waals surface area contributed by atoms with Gasteiger partial charge >= 0.3 is 0 Å². The van der Waals surface area contributed by atoms with Crippen molar-refractivity contribution < 1.29 is 10.2 Å². The van der Waals surface area contributed by atoms with Gasteiger partial charge in [-0.3, -0.25) is 0 Å². The zero-order chi connectivity index (χ0) is 9.14. The minimum Gasteiger partial charge on any atom is -0.504 e. The van der Waals surface area contributed by atoms with Crippen molar-refractivity contribution in [1.29, 1.82) is 0 Å². The summed E-state index contributed by atoms with van der Waals surface area (Å²) in [6, 6.07) is 3.07. The number of aromatic hydroxyl groups is 2. The Kier molecular flexibility index (Phi) is 3.16. The molecule has 0 bridgehead atoms. The Balaban J connectivity index is 3.05. The first kappa shape index (κ1) is 9.60. The van der Waals surface area contributed by atoms with Gasteiger partial charge in [0, 0.05) is 3.57 Å². The van der Waals surface area contributed by atoms with Gasteiger partial charge in [-0.25, -0.2) is 0 Å². The number of hydrogen-bond acceptors (Lipinski definition) is 3. The third kappa shape index (κ3) is 2.01. The van der Waals surface area contributed by atoms with Crippen LogP contribution in [0.15, 0.2) is 12.1 Å². The fraction of sp³-hybridized carbons (Fsp3) is 0.250. The van der Waals surface area contributed by atoms with Gasteiger partial charge in [-0.2, -0.15) is 0 Å². The smallest absolute Gasteiger partial charge is 0.158 e. The maximum Gasteiger partial charge on any atom is 0.158 e. The molecule has 0 aromatic heterocycles. The van der Waals surface area contributed by atoms with Gasteiger partial charge in [0.1, 0.15) is 0 Å². The average molecular weight is 283 g/mol. The van der Waals surface area contributed by atoms with Crippen LogP contribution in [0, 0.1) is 3.57 Å². The van der Waals surface area contributed by atoms with Crippen LogP contribution in [0.4, 0.5) is 0 Å². The van der Waals surface area contributed by atoms with Crippen molar-refractivity contribution in [1.82, 2.24) is 0 Å². The van der Waals surface area contributed by atoms with E-state index in [9.17, 15) is 0 Å². The molecular formula is C8H10INO2. The van der Waals surface area contributed by atoms with Crippen LogP contribution < -0.4 is 5.73 Å². The molecule has 4 heteroatoms. The highest BCUT2D eigenvalue weighted by Crippen LogP contribution is 2.29. The second kappa shape index (κ2) is 3.95. The molecule has 3 nitrogen and oxygen atoms in total. The number of phenolic OH excluding ortho intramolecular Hbond substituents is 2. The van der Waals surface area contributed by atoms with Crippen molar-refractivity contribution in [2.24, 2.45) is 5.73 Å². The van der Waals surface area contributed by atoms with Gasteiger partial charge in [-0.15, -0.1) is 0 Å². The summed E-state index contributed by atoms with van der Waals surface area (Å²) in [4.78, 5) is 0. The van der Waals surface area contributed by atoms with E-state index in [1.807, 2.05) is 0 Å². The lowest BCUT2D eigenvalue weighted by molar-refractivity contribution is 0.402. The van der Waals surface area contributed by atoms with Crippen LogP contribution in [0.3, 0.4) is 0 Å². The molecule has 0 heterocycles. The zero-order valence-corrected chi connectivity index (χ0v) is 8.58. The van der Waals surface area contributed by atoms with E-state index in [2.05, 4.69) is 22.6 Å². The number of nitrogens with two attached hydrogens (primary N) is 1. The first-order valence-electron chi connectivity index (χ1n) is 3.55. The maximum absolute atomic E-state index is 9.16. The molecule has 0 amide bonds. The van der Waals surface area contributed by atoms with Gasteiger partial charge in [0.05, 0.1) is 0 Å². The molecule has 1 rings (SSSR count). The Labute approximate surface area is 84.4 Å². The minimum atomic E-state index is -0.0844. The van der Waals surface area contributed by atoms with E-state index in [-0.39, 0.29) is 11.5 Å². The Morgan fingerprint density at radius 1 is 1.25 bits per heavy atom. The lowest BCUT2D eigenvalue weighted by atomic mass is 10.1. The number of phenols is 2. The van der Waals surface area contributed by atoms with Gasteiger partial charge in [-0.05, 0) is 53.3 Å². The molecule has 1 aromatic rings. The van der Waals surface area contributed by atoms with Crippen molar-refractivity contribution in [3.8, 4) is 11.5 Å². The summed E-state index contributed by atoms with van der Waals surface area (Å²) in [5, 5.41) is 18.3. The fourth-order valence-electron chi connectivity index (χ4n) is 0.942. The number of halogens is 1. The van der Waals surface area contributed by atoms with Crippen molar-refractivity contribution >= 4 is 22.6 Å². The van der Waals surface area contributed by atoms with Crippen LogP contribution in [0.5, 0.6) is 11.5 Å². The second-order valence-corrected chi connectivity index (χ2v) is 3.63. The lowest BCUT2D eigenvalue weighted by Gasteiger charge is -2.04. The third-order valence-corrected chi connectivity index (χ3v) is 2.56.